The van der Waals surface area contributed by atoms with Crippen LogP contribution in [0.3, 0.4) is 0 Å². The lowest BCUT2D eigenvalue weighted by Gasteiger charge is -2.45. The Hall–Kier alpha value is -1.13. The highest BCUT2D eigenvalue weighted by Crippen LogP contribution is 2.42. The van der Waals surface area contributed by atoms with Crippen molar-refractivity contribution in [3.05, 3.63) is 29.3 Å². The number of fused-ring (bicyclic) bond motifs is 1. The van der Waals surface area contributed by atoms with Crippen molar-refractivity contribution in [1.29, 1.82) is 0 Å². The van der Waals surface area contributed by atoms with Crippen molar-refractivity contribution in [1.82, 2.24) is 9.80 Å². The van der Waals surface area contributed by atoms with Gasteiger partial charge in [0.25, 0.3) is 0 Å². The standard InChI is InChI=1S/C19H29N3S/c1-14-13-19(2,3)21(5)17-7-6-15(12-16(14)17)18(23)22-10-8-20(4)9-11-22/h6-7,12,14H,8-11,13H2,1-5H3/t14-/m0/s1. The number of rotatable bonds is 1. The van der Waals surface area contributed by atoms with Gasteiger partial charge >= 0.3 is 0 Å². The Morgan fingerprint density at radius 2 is 1.78 bits per heavy atom. The second-order valence-corrected chi connectivity index (χ2v) is 8.23. The smallest absolute Gasteiger partial charge is 0.109 e. The van der Waals surface area contributed by atoms with Gasteiger partial charge in [0.05, 0.1) is 0 Å². The molecule has 0 radical (unpaired) electrons. The molecule has 0 N–H and O–H groups in total. The van der Waals surface area contributed by atoms with Gasteiger partial charge in [-0.2, -0.15) is 0 Å². The molecule has 2 aliphatic heterocycles. The van der Waals surface area contributed by atoms with E-state index in [4.69, 9.17) is 12.2 Å². The summed E-state index contributed by atoms with van der Waals surface area (Å²) < 4.78 is 0. The molecule has 2 aliphatic rings. The van der Waals surface area contributed by atoms with E-state index in [0.29, 0.717) is 5.92 Å². The van der Waals surface area contributed by atoms with Crippen LogP contribution in [0.5, 0.6) is 0 Å². The minimum Gasteiger partial charge on any atom is -0.369 e. The maximum Gasteiger partial charge on any atom is 0.109 e. The molecule has 1 fully saturated rings. The van der Waals surface area contributed by atoms with Gasteiger partial charge in [-0.1, -0.05) is 19.1 Å². The molecule has 1 atom stereocenters. The maximum atomic E-state index is 5.79. The monoisotopic (exact) mass is 331 g/mol. The molecule has 0 aromatic heterocycles. The first kappa shape index (κ1) is 16.7. The molecule has 0 bridgehead atoms. The minimum atomic E-state index is 0.214. The zero-order chi connectivity index (χ0) is 16.8. The third-order valence-corrected chi connectivity index (χ3v) is 6.16. The van der Waals surface area contributed by atoms with Gasteiger partial charge in [-0.15, -0.1) is 0 Å². The van der Waals surface area contributed by atoms with E-state index >= 15 is 0 Å². The fraction of sp³-hybridized carbons (Fsp3) is 0.632. The van der Waals surface area contributed by atoms with Crippen LogP contribution < -0.4 is 4.90 Å². The van der Waals surface area contributed by atoms with Crippen molar-refractivity contribution in [3.8, 4) is 0 Å². The van der Waals surface area contributed by atoms with E-state index in [1.54, 1.807) is 0 Å². The number of benzene rings is 1. The molecule has 0 saturated carbocycles. The fourth-order valence-electron chi connectivity index (χ4n) is 3.90. The molecule has 0 spiro atoms. The van der Waals surface area contributed by atoms with Crippen molar-refractivity contribution in [2.45, 2.75) is 38.6 Å². The topological polar surface area (TPSA) is 9.72 Å². The summed E-state index contributed by atoms with van der Waals surface area (Å²) in [6.45, 7) is 11.3. The Balaban J connectivity index is 1.86. The van der Waals surface area contributed by atoms with Gasteiger partial charge in [-0.05, 0) is 57.0 Å². The zero-order valence-electron chi connectivity index (χ0n) is 15.1. The van der Waals surface area contributed by atoms with E-state index in [1.807, 2.05) is 0 Å². The summed E-state index contributed by atoms with van der Waals surface area (Å²) in [6.07, 6.45) is 1.18. The Kier molecular flexibility index (Phi) is 4.41. The van der Waals surface area contributed by atoms with Crippen LogP contribution >= 0.6 is 12.2 Å². The number of likely N-dealkylation sites (N-methyl/N-ethyl adjacent to an activating group) is 1. The predicted octanol–water partition coefficient (Wildman–Crippen LogP) is 3.33. The lowest BCUT2D eigenvalue weighted by atomic mass is 9.80. The van der Waals surface area contributed by atoms with E-state index in [-0.39, 0.29) is 5.54 Å². The molecule has 126 valence electrons. The van der Waals surface area contributed by atoms with Crippen molar-refractivity contribution in [2.24, 2.45) is 0 Å². The van der Waals surface area contributed by atoms with Crippen LogP contribution in [0.2, 0.25) is 0 Å². The van der Waals surface area contributed by atoms with Gasteiger partial charge in [0.15, 0.2) is 0 Å². The zero-order valence-corrected chi connectivity index (χ0v) is 15.9. The number of hydrogen-bond donors (Lipinski definition) is 0. The van der Waals surface area contributed by atoms with E-state index in [1.165, 1.54) is 23.2 Å². The van der Waals surface area contributed by atoms with Crippen LogP contribution in [0.1, 0.15) is 44.2 Å². The fourth-order valence-corrected chi connectivity index (χ4v) is 4.21. The molecular formula is C19H29N3S. The highest BCUT2D eigenvalue weighted by atomic mass is 32.1. The lowest BCUT2D eigenvalue weighted by molar-refractivity contribution is 0.218. The normalized spacial score (nSPS) is 24.5. The van der Waals surface area contributed by atoms with Gasteiger partial charge in [-0.3, -0.25) is 0 Å². The Bertz CT molecular complexity index is 603. The van der Waals surface area contributed by atoms with E-state index in [0.717, 1.165) is 31.2 Å². The van der Waals surface area contributed by atoms with Gasteiger partial charge in [0.1, 0.15) is 4.99 Å². The van der Waals surface area contributed by atoms with Crippen molar-refractivity contribution in [2.75, 3.05) is 45.2 Å². The molecular weight excluding hydrogens is 302 g/mol. The number of anilines is 1. The van der Waals surface area contributed by atoms with Crippen molar-refractivity contribution in [3.63, 3.8) is 0 Å². The highest BCUT2D eigenvalue weighted by Gasteiger charge is 2.34. The number of nitrogens with zero attached hydrogens (tertiary/aromatic N) is 3. The average Bonchev–Trinajstić information content (AvgIpc) is 2.52. The summed E-state index contributed by atoms with van der Waals surface area (Å²) in [5.41, 5.74) is 4.23. The third-order valence-electron chi connectivity index (χ3n) is 5.67. The summed E-state index contributed by atoms with van der Waals surface area (Å²) in [6, 6.07) is 6.82. The van der Waals surface area contributed by atoms with Crippen LogP contribution in [0.4, 0.5) is 5.69 Å². The molecule has 1 aromatic rings. The second-order valence-electron chi connectivity index (χ2n) is 7.85. The van der Waals surface area contributed by atoms with Crippen LogP contribution in [0.25, 0.3) is 0 Å². The molecule has 0 aliphatic carbocycles. The summed E-state index contributed by atoms with van der Waals surface area (Å²) in [4.78, 5) is 8.16. The Labute approximate surface area is 146 Å². The third kappa shape index (κ3) is 3.11. The summed E-state index contributed by atoms with van der Waals surface area (Å²) in [5, 5.41) is 0. The predicted molar refractivity (Wildman–Crippen MR) is 103 cm³/mol. The minimum absolute atomic E-state index is 0.214. The van der Waals surface area contributed by atoms with Crippen LogP contribution in [0.15, 0.2) is 18.2 Å². The van der Waals surface area contributed by atoms with Crippen molar-refractivity contribution < 1.29 is 0 Å². The van der Waals surface area contributed by atoms with Gasteiger partial charge in [0, 0.05) is 50.0 Å². The van der Waals surface area contributed by atoms with E-state index in [2.05, 4.69) is 67.8 Å². The lowest BCUT2D eigenvalue weighted by Crippen LogP contribution is -2.47. The molecule has 1 aromatic carbocycles. The van der Waals surface area contributed by atoms with E-state index < -0.39 is 0 Å². The number of piperazine rings is 1. The Morgan fingerprint density at radius 1 is 1.13 bits per heavy atom. The molecule has 3 nitrogen and oxygen atoms in total. The van der Waals surface area contributed by atoms with Crippen LogP contribution in [-0.4, -0.2) is 60.6 Å². The first-order valence-electron chi connectivity index (χ1n) is 8.65. The molecule has 23 heavy (non-hydrogen) atoms. The molecule has 0 amide bonds. The molecule has 0 unspecified atom stereocenters. The first-order valence-corrected chi connectivity index (χ1v) is 9.06. The Morgan fingerprint density at radius 3 is 2.43 bits per heavy atom. The van der Waals surface area contributed by atoms with Gasteiger partial charge < -0.3 is 14.7 Å². The summed E-state index contributed by atoms with van der Waals surface area (Å²) in [5.74, 6) is 0.575. The quantitative estimate of drug-likeness (QED) is 0.730. The van der Waals surface area contributed by atoms with Crippen LogP contribution in [-0.2, 0) is 0 Å². The first-order chi connectivity index (χ1) is 10.8. The average molecular weight is 332 g/mol. The van der Waals surface area contributed by atoms with Crippen LogP contribution in [0, 0.1) is 0 Å². The van der Waals surface area contributed by atoms with Gasteiger partial charge in [0.2, 0.25) is 0 Å². The molecule has 4 heteroatoms. The largest absolute Gasteiger partial charge is 0.369 e. The number of thiocarbonyl (C=S) groups is 1. The van der Waals surface area contributed by atoms with Gasteiger partial charge in [-0.25, -0.2) is 0 Å². The molecule has 2 heterocycles. The summed E-state index contributed by atoms with van der Waals surface area (Å²) >= 11 is 5.79. The molecule has 1 saturated heterocycles. The maximum absolute atomic E-state index is 5.79. The van der Waals surface area contributed by atoms with E-state index in [9.17, 15) is 0 Å². The SMILES string of the molecule is C[C@H]1CC(C)(C)N(C)c2ccc(C(=S)N3CCN(C)CC3)cc21. The van der Waals surface area contributed by atoms with Crippen molar-refractivity contribution >= 4 is 22.9 Å². The summed E-state index contributed by atoms with van der Waals surface area (Å²) in [7, 11) is 4.39. The highest BCUT2D eigenvalue weighted by molar-refractivity contribution is 7.80. The molecule has 3 rings (SSSR count). The second kappa shape index (κ2) is 6.06. The number of hydrogen-bond acceptors (Lipinski definition) is 3.